The number of allylic oxidation sites excluding steroid dienone is 2. The number of carbonyl (C=O) groups is 2. The van der Waals surface area contributed by atoms with Crippen molar-refractivity contribution in [1.29, 1.82) is 0 Å². The van der Waals surface area contributed by atoms with Crippen molar-refractivity contribution in [2.45, 2.75) is 206 Å². The van der Waals surface area contributed by atoms with Gasteiger partial charge in [-0.15, -0.1) is 0 Å². The van der Waals surface area contributed by atoms with E-state index in [2.05, 4.69) is 81.6 Å². The first-order valence-electron chi connectivity index (χ1n) is 19.8. The molecule has 0 bridgehead atoms. The molecule has 1 fully saturated rings. The van der Waals surface area contributed by atoms with E-state index in [1.807, 2.05) is 32.1 Å². The molecule has 53 heavy (non-hydrogen) atoms. The highest BCUT2D eigenvalue weighted by Crippen LogP contribution is 2.43. The van der Waals surface area contributed by atoms with Gasteiger partial charge in [-0.1, -0.05) is 86.6 Å². The zero-order valence-corrected chi connectivity index (χ0v) is 38.3. The van der Waals surface area contributed by atoms with Crippen molar-refractivity contribution in [3.8, 4) is 0 Å². The molecular formula is C42H76O9Si2. The van der Waals surface area contributed by atoms with E-state index in [1.165, 1.54) is 6.92 Å². The molecule has 9 nitrogen and oxygen atoms in total. The normalized spacial score (nSPS) is 31.5. The average molecular weight is 781 g/mol. The molecule has 2 aliphatic heterocycles. The van der Waals surface area contributed by atoms with Gasteiger partial charge in [0, 0.05) is 31.3 Å². The second-order valence-corrected chi connectivity index (χ2v) is 29.0. The number of esters is 2. The van der Waals surface area contributed by atoms with Gasteiger partial charge in [-0.3, -0.25) is 9.59 Å². The Morgan fingerprint density at radius 2 is 1.64 bits per heavy atom. The van der Waals surface area contributed by atoms with Crippen LogP contribution in [0, 0.1) is 11.8 Å². The van der Waals surface area contributed by atoms with E-state index in [-0.39, 0.29) is 59.0 Å². The van der Waals surface area contributed by atoms with Gasteiger partial charge in [-0.2, -0.15) is 0 Å². The minimum atomic E-state index is -2.28. The van der Waals surface area contributed by atoms with Gasteiger partial charge < -0.3 is 33.3 Å². The molecule has 0 amide bonds. The quantitative estimate of drug-likeness (QED) is 0.0619. The van der Waals surface area contributed by atoms with E-state index in [0.29, 0.717) is 12.8 Å². The third-order valence-corrected chi connectivity index (χ3v) is 21.2. The first-order valence-corrected chi connectivity index (χ1v) is 25.6. The fourth-order valence-corrected chi connectivity index (χ4v) is 9.28. The van der Waals surface area contributed by atoms with Crippen LogP contribution in [0.2, 0.25) is 36.3 Å². The molecule has 2 rings (SSSR count). The molecule has 0 aromatic heterocycles. The summed E-state index contributed by atoms with van der Waals surface area (Å²) in [7, 11) is -4.22. The van der Waals surface area contributed by atoms with Gasteiger partial charge in [0.2, 0.25) is 0 Å². The molecule has 2 heterocycles. The first-order chi connectivity index (χ1) is 23.9. The molecule has 1 saturated heterocycles. The first kappa shape index (κ1) is 47.5. The smallest absolute Gasteiger partial charge is 0.308 e. The standard InChI is InChI=1S/C42H76O9Si2/c1-18-33(51-53(16,17)40(9,10)11)30(4)38-34(48-38)27-41(12,45)24-19-20-28(2)37-29(3)21-22-35(47-31(5)43)42(13,46)25-23-32(26-36(44)49-37)50-52(14,15)39(6,7)8/h19-22,24,29-30,32-35,37-38,45-46H,18,23,25-27H2,1-17H3/b22-21-,24-19+,28-20+/t29-,30+,32+,33-,34+,35-,37+,38-,41-,42+/m0/s1. The van der Waals surface area contributed by atoms with Crippen LogP contribution in [0.15, 0.2) is 36.0 Å². The van der Waals surface area contributed by atoms with Crippen LogP contribution >= 0.6 is 0 Å². The van der Waals surface area contributed by atoms with E-state index < -0.39 is 52.1 Å². The van der Waals surface area contributed by atoms with Gasteiger partial charge in [0.05, 0.1) is 30.3 Å². The fourth-order valence-electron chi connectivity index (χ4n) is 6.40. The van der Waals surface area contributed by atoms with Crippen molar-refractivity contribution in [2.24, 2.45) is 11.8 Å². The maximum atomic E-state index is 13.6. The van der Waals surface area contributed by atoms with Crippen molar-refractivity contribution in [3.63, 3.8) is 0 Å². The number of ether oxygens (including phenoxy) is 3. The van der Waals surface area contributed by atoms with Crippen molar-refractivity contribution >= 4 is 28.6 Å². The third-order valence-electron chi connectivity index (χ3n) is 12.1. The van der Waals surface area contributed by atoms with Crippen molar-refractivity contribution < 1.29 is 42.9 Å². The van der Waals surface area contributed by atoms with Gasteiger partial charge >= 0.3 is 11.9 Å². The number of rotatable bonds is 13. The summed E-state index contributed by atoms with van der Waals surface area (Å²) < 4.78 is 31.3. The Labute approximate surface area is 324 Å². The average Bonchev–Trinajstić information content (AvgIpc) is 3.74. The second-order valence-electron chi connectivity index (χ2n) is 19.4. The Kier molecular flexibility index (Phi) is 16.2. The summed E-state index contributed by atoms with van der Waals surface area (Å²) in [6.45, 7) is 35.0. The van der Waals surface area contributed by atoms with E-state index >= 15 is 0 Å². The molecule has 0 spiro atoms. The Balaban J connectivity index is 2.28. The minimum Gasteiger partial charge on any atom is -0.457 e. The molecule has 0 aliphatic carbocycles. The Bertz CT molecular complexity index is 1320. The highest BCUT2D eigenvalue weighted by Gasteiger charge is 2.50. The lowest BCUT2D eigenvalue weighted by molar-refractivity contribution is -0.157. The minimum absolute atomic E-state index is 0.0335. The van der Waals surface area contributed by atoms with Gasteiger partial charge in [0.1, 0.15) is 17.8 Å². The Morgan fingerprint density at radius 1 is 1.06 bits per heavy atom. The maximum Gasteiger partial charge on any atom is 0.308 e. The predicted molar refractivity (Wildman–Crippen MR) is 219 cm³/mol. The lowest BCUT2D eigenvalue weighted by atomic mass is 9.88. The summed E-state index contributed by atoms with van der Waals surface area (Å²) in [6, 6.07) is 0. The van der Waals surface area contributed by atoms with Crippen LogP contribution in [0.5, 0.6) is 0 Å². The van der Waals surface area contributed by atoms with Gasteiger partial charge in [0.25, 0.3) is 0 Å². The largest absolute Gasteiger partial charge is 0.457 e. The summed E-state index contributed by atoms with van der Waals surface area (Å²) in [5.41, 5.74) is -1.73. The molecule has 11 heteroatoms. The summed E-state index contributed by atoms with van der Waals surface area (Å²) in [4.78, 5) is 25.6. The number of cyclic esters (lactones) is 1. The van der Waals surface area contributed by atoms with E-state index in [4.69, 9.17) is 23.1 Å². The molecule has 10 atom stereocenters. The van der Waals surface area contributed by atoms with Crippen LogP contribution in [-0.4, -0.2) is 86.6 Å². The van der Waals surface area contributed by atoms with Crippen molar-refractivity contribution in [3.05, 3.63) is 36.0 Å². The molecule has 306 valence electrons. The lowest BCUT2D eigenvalue weighted by Crippen LogP contribution is -2.46. The zero-order chi connectivity index (χ0) is 41.0. The Morgan fingerprint density at radius 3 is 2.17 bits per heavy atom. The lowest BCUT2D eigenvalue weighted by Gasteiger charge is -2.40. The highest BCUT2D eigenvalue weighted by atomic mass is 28.4. The number of hydrogen-bond donors (Lipinski definition) is 2. The molecule has 2 N–H and O–H groups in total. The summed E-state index contributed by atoms with van der Waals surface area (Å²) in [6.07, 6.45) is 9.05. The molecule has 0 unspecified atom stereocenters. The third kappa shape index (κ3) is 14.1. The van der Waals surface area contributed by atoms with Crippen LogP contribution in [0.25, 0.3) is 0 Å². The highest BCUT2D eigenvalue weighted by molar-refractivity contribution is 6.74. The van der Waals surface area contributed by atoms with Crippen LogP contribution < -0.4 is 0 Å². The van der Waals surface area contributed by atoms with Crippen LogP contribution in [-0.2, 0) is 32.7 Å². The van der Waals surface area contributed by atoms with E-state index in [0.717, 1.165) is 12.0 Å². The van der Waals surface area contributed by atoms with Gasteiger partial charge in [-0.25, -0.2) is 0 Å². The molecular weight excluding hydrogens is 705 g/mol. The molecule has 2 aliphatic rings. The number of carbonyl (C=O) groups excluding carboxylic acids is 2. The topological polar surface area (TPSA) is 124 Å². The second kappa shape index (κ2) is 18.1. The summed E-state index contributed by atoms with van der Waals surface area (Å²) in [5.74, 6) is -0.984. The molecule has 0 aromatic carbocycles. The van der Waals surface area contributed by atoms with Crippen molar-refractivity contribution in [2.75, 3.05) is 0 Å². The number of epoxide rings is 1. The van der Waals surface area contributed by atoms with Crippen LogP contribution in [0.1, 0.15) is 122 Å². The summed E-state index contributed by atoms with van der Waals surface area (Å²) >= 11 is 0. The molecule has 0 aromatic rings. The summed E-state index contributed by atoms with van der Waals surface area (Å²) in [5, 5.41) is 23.0. The number of hydrogen-bond acceptors (Lipinski definition) is 9. The van der Waals surface area contributed by atoms with Crippen LogP contribution in [0.3, 0.4) is 0 Å². The van der Waals surface area contributed by atoms with E-state index in [9.17, 15) is 19.8 Å². The van der Waals surface area contributed by atoms with Crippen LogP contribution in [0.4, 0.5) is 0 Å². The van der Waals surface area contributed by atoms with Gasteiger partial charge in [0.15, 0.2) is 16.6 Å². The molecule has 0 radical (unpaired) electrons. The predicted octanol–water partition coefficient (Wildman–Crippen LogP) is 9.20. The monoisotopic (exact) mass is 781 g/mol. The Hall–Kier alpha value is -1.61. The van der Waals surface area contributed by atoms with Gasteiger partial charge in [-0.05, 0) is 87.9 Å². The SMILES string of the molecule is CC[C@H](O[Si](C)(C)C(C)(C)C)[C@@H](C)[C@@H]1O[C@@H]1C[C@@](C)(O)/C=C/C=C(\C)[C@H]1OC(=O)C[C@H](O[Si](C)(C)C(C)(C)C)CC[C@@](C)(O)[C@@H](OC(C)=O)/C=C\[C@@H]1C. The maximum absolute atomic E-state index is 13.6. The number of aliphatic hydroxyl groups is 2. The zero-order valence-electron chi connectivity index (χ0n) is 36.3. The van der Waals surface area contributed by atoms with E-state index in [1.54, 1.807) is 26.0 Å². The van der Waals surface area contributed by atoms with Crippen molar-refractivity contribution in [1.82, 2.24) is 0 Å². The molecule has 0 saturated carbocycles. The fraction of sp³-hybridized carbons (Fsp3) is 0.810.